The van der Waals surface area contributed by atoms with Crippen molar-refractivity contribution in [3.63, 3.8) is 0 Å². The molecule has 22 heavy (non-hydrogen) atoms. The number of nitrogens with zero attached hydrogens (tertiary/aromatic N) is 1. The summed E-state index contributed by atoms with van der Waals surface area (Å²) in [6.45, 7) is 0. The van der Waals surface area contributed by atoms with Crippen LogP contribution in [0, 0.1) is 0 Å². The van der Waals surface area contributed by atoms with Gasteiger partial charge in [-0.2, -0.15) is 5.10 Å². The summed E-state index contributed by atoms with van der Waals surface area (Å²) in [5.41, 5.74) is 3.99. The third-order valence-electron chi connectivity index (χ3n) is 2.98. The van der Waals surface area contributed by atoms with Crippen LogP contribution in [0.25, 0.3) is 0 Å². The molecule has 6 heteroatoms. The summed E-state index contributed by atoms with van der Waals surface area (Å²) in [6.07, 6.45) is 1.54. The zero-order chi connectivity index (χ0) is 15.9. The van der Waals surface area contributed by atoms with Crippen LogP contribution in [-0.2, 0) is 0 Å². The molecule has 0 aliphatic heterocycles. The maximum absolute atomic E-state index is 11.1. The van der Waals surface area contributed by atoms with Crippen LogP contribution in [0.15, 0.2) is 47.6 Å². The van der Waals surface area contributed by atoms with Crippen molar-refractivity contribution in [2.24, 2.45) is 5.10 Å². The Labute approximate surface area is 128 Å². The largest absolute Gasteiger partial charge is 0.493 e. The van der Waals surface area contributed by atoms with Gasteiger partial charge in [0.2, 0.25) is 0 Å². The van der Waals surface area contributed by atoms with E-state index >= 15 is 0 Å². The van der Waals surface area contributed by atoms with Crippen molar-refractivity contribution in [2.45, 2.75) is 0 Å². The fourth-order valence-electron chi connectivity index (χ4n) is 1.95. The summed E-state index contributed by atoms with van der Waals surface area (Å²) in [4.78, 5) is 11.1. The van der Waals surface area contributed by atoms with Gasteiger partial charge < -0.3 is 14.6 Å². The number of anilines is 1. The molecule has 2 aromatic rings. The molecule has 0 fully saturated rings. The minimum Gasteiger partial charge on any atom is -0.493 e. The molecule has 0 amide bonds. The van der Waals surface area contributed by atoms with E-state index < -0.39 is 5.97 Å². The first-order valence-corrected chi connectivity index (χ1v) is 6.49. The van der Waals surface area contributed by atoms with Crippen LogP contribution in [0.1, 0.15) is 15.9 Å². The molecule has 0 saturated carbocycles. The number of hydrogen-bond acceptors (Lipinski definition) is 5. The lowest BCUT2D eigenvalue weighted by atomic mass is 10.2. The Balaban J connectivity index is 2.22. The van der Waals surface area contributed by atoms with Gasteiger partial charge in [0.05, 0.1) is 31.7 Å². The van der Waals surface area contributed by atoms with Crippen molar-refractivity contribution >= 4 is 17.9 Å². The maximum Gasteiger partial charge on any atom is 0.337 e. The average Bonchev–Trinajstić information content (AvgIpc) is 2.54. The Morgan fingerprint density at radius 1 is 1.14 bits per heavy atom. The molecule has 0 aliphatic carbocycles. The van der Waals surface area contributed by atoms with Gasteiger partial charge in [-0.1, -0.05) is 18.2 Å². The van der Waals surface area contributed by atoms with E-state index in [0.29, 0.717) is 22.7 Å². The van der Waals surface area contributed by atoms with Crippen LogP contribution in [-0.4, -0.2) is 31.5 Å². The highest BCUT2D eigenvalue weighted by atomic mass is 16.5. The van der Waals surface area contributed by atoms with Gasteiger partial charge in [0.15, 0.2) is 11.5 Å². The third-order valence-corrected chi connectivity index (χ3v) is 2.98. The number of rotatable bonds is 6. The molecule has 2 N–H and O–H groups in total. The van der Waals surface area contributed by atoms with E-state index in [1.165, 1.54) is 6.07 Å². The standard InChI is InChI=1S/C16H16N2O4/c1-21-14-9-5-6-11(15(14)22-2)10-17-18-13-8-4-3-7-12(13)16(19)20/h3-10,18H,1-2H3,(H,19,20)/b17-10+. The summed E-state index contributed by atoms with van der Waals surface area (Å²) in [5, 5.41) is 13.2. The van der Waals surface area contributed by atoms with Gasteiger partial charge in [-0.25, -0.2) is 4.79 Å². The Bertz CT molecular complexity index is 698. The van der Waals surface area contributed by atoms with Gasteiger partial charge in [-0.3, -0.25) is 5.43 Å². The molecule has 0 heterocycles. The van der Waals surface area contributed by atoms with E-state index in [1.54, 1.807) is 44.7 Å². The van der Waals surface area contributed by atoms with Gasteiger partial charge in [-0.15, -0.1) is 0 Å². The summed E-state index contributed by atoms with van der Waals surface area (Å²) in [5.74, 6) is 0.136. The van der Waals surface area contributed by atoms with Gasteiger partial charge in [0.1, 0.15) is 0 Å². The first kappa shape index (κ1) is 15.4. The third kappa shape index (κ3) is 3.35. The predicted molar refractivity (Wildman–Crippen MR) is 84.2 cm³/mol. The molecule has 0 unspecified atom stereocenters. The molecule has 0 aromatic heterocycles. The van der Waals surface area contributed by atoms with Crippen molar-refractivity contribution < 1.29 is 19.4 Å². The number of para-hydroxylation sites is 2. The van der Waals surface area contributed by atoms with E-state index in [2.05, 4.69) is 10.5 Å². The number of aromatic carboxylic acids is 1. The van der Waals surface area contributed by atoms with Gasteiger partial charge in [0.25, 0.3) is 0 Å². The second-order valence-electron chi connectivity index (χ2n) is 4.30. The summed E-state index contributed by atoms with van der Waals surface area (Å²) in [7, 11) is 3.10. The van der Waals surface area contributed by atoms with Crippen LogP contribution in [0.5, 0.6) is 11.5 Å². The van der Waals surface area contributed by atoms with Gasteiger partial charge in [-0.05, 0) is 24.3 Å². The number of carboxylic acids is 1. The Hall–Kier alpha value is -3.02. The number of benzene rings is 2. The van der Waals surface area contributed by atoms with Crippen LogP contribution in [0.4, 0.5) is 5.69 Å². The SMILES string of the molecule is COc1cccc(/C=N/Nc2ccccc2C(=O)O)c1OC. The number of ether oxygens (including phenoxy) is 2. The normalized spacial score (nSPS) is 10.5. The molecule has 0 saturated heterocycles. The fraction of sp³-hybridized carbons (Fsp3) is 0.125. The van der Waals surface area contributed by atoms with Crippen LogP contribution >= 0.6 is 0 Å². The first-order chi connectivity index (χ1) is 10.7. The van der Waals surface area contributed by atoms with Gasteiger partial charge >= 0.3 is 5.97 Å². The highest BCUT2D eigenvalue weighted by molar-refractivity contribution is 5.94. The maximum atomic E-state index is 11.1. The minimum atomic E-state index is -1.02. The summed E-state index contributed by atoms with van der Waals surface area (Å²) >= 11 is 0. The molecule has 114 valence electrons. The topological polar surface area (TPSA) is 80.2 Å². The fourth-order valence-corrected chi connectivity index (χ4v) is 1.95. The lowest BCUT2D eigenvalue weighted by molar-refractivity contribution is 0.0698. The molecule has 2 aromatic carbocycles. The predicted octanol–water partition coefficient (Wildman–Crippen LogP) is 2.85. The molecule has 6 nitrogen and oxygen atoms in total. The Morgan fingerprint density at radius 3 is 2.59 bits per heavy atom. The molecule has 0 radical (unpaired) electrons. The van der Waals surface area contributed by atoms with E-state index in [9.17, 15) is 4.79 Å². The lowest BCUT2D eigenvalue weighted by Gasteiger charge is -2.09. The number of hydrogen-bond donors (Lipinski definition) is 2. The average molecular weight is 300 g/mol. The van der Waals surface area contributed by atoms with Crippen LogP contribution in [0.3, 0.4) is 0 Å². The smallest absolute Gasteiger partial charge is 0.337 e. The van der Waals surface area contributed by atoms with Crippen molar-refractivity contribution in [1.29, 1.82) is 0 Å². The Morgan fingerprint density at radius 2 is 1.91 bits per heavy atom. The van der Waals surface area contributed by atoms with Crippen molar-refractivity contribution in [2.75, 3.05) is 19.6 Å². The number of methoxy groups -OCH3 is 2. The molecular weight excluding hydrogens is 284 g/mol. The quantitative estimate of drug-likeness (QED) is 0.633. The first-order valence-electron chi connectivity index (χ1n) is 6.49. The summed E-state index contributed by atoms with van der Waals surface area (Å²) in [6, 6.07) is 11.9. The number of hydrazone groups is 1. The second-order valence-corrected chi connectivity index (χ2v) is 4.30. The minimum absolute atomic E-state index is 0.150. The van der Waals surface area contributed by atoms with E-state index in [1.807, 2.05) is 12.1 Å². The van der Waals surface area contributed by atoms with Crippen molar-refractivity contribution in [1.82, 2.24) is 0 Å². The van der Waals surface area contributed by atoms with E-state index in [4.69, 9.17) is 14.6 Å². The molecule has 0 atom stereocenters. The van der Waals surface area contributed by atoms with Gasteiger partial charge in [0, 0.05) is 5.56 Å². The monoisotopic (exact) mass is 300 g/mol. The molecule has 0 aliphatic rings. The molecule has 2 rings (SSSR count). The van der Waals surface area contributed by atoms with Crippen molar-refractivity contribution in [3.05, 3.63) is 53.6 Å². The molecular formula is C16H16N2O4. The van der Waals surface area contributed by atoms with Crippen LogP contribution < -0.4 is 14.9 Å². The Kier molecular flexibility index (Phi) is 4.98. The highest BCUT2D eigenvalue weighted by Crippen LogP contribution is 2.29. The van der Waals surface area contributed by atoms with E-state index in [-0.39, 0.29) is 5.56 Å². The summed E-state index contributed by atoms with van der Waals surface area (Å²) < 4.78 is 10.5. The highest BCUT2D eigenvalue weighted by Gasteiger charge is 2.09. The second kappa shape index (κ2) is 7.12. The number of nitrogens with one attached hydrogen (secondary N) is 1. The number of carbonyl (C=O) groups is 1. The van der Waals surface area contributed by atoms with E-state index in [0.717, 1.165) is 0 Å². The lowest BCUT2D eigenvalue weighted by Crippen LogP contribution is -2.02. The molecule has 0 bridgehead atoms. The molecule has 0 spiro atoms. The van der Waals surface area contributed by atoms with Crippen LogP contribution in [0.2, 0.25) is 0 Å². The zero-order valence-corrected chi connectivity index (χ0v) is 12.2. The van der Waals surface area contributed by atoms with Crippen molar-refractivity contribution in [3.8, 4) is 11.5 Å². The zero-order valence-electron chi connectivity index (χ0n) is 12.2. The number of carboxylic acid groups (broad SMARTS) is 1.